The lowest BCUT2D eigenvalue weighted by molar-refractivity contribution is -0.699. The van der Waals surface area contributed by atoms with Crippen molar-refractivity contribution >= 4 is 0 Å². The van der Waals surface area contributed by atoms with Crippen LogP contribution in [0.3, 0.4) is 0 Å². The molecule has 0 aliphatic heterocycles. The smallest absolute Gasteiger partial charge is 0.245 e. The molecule has 2 heteroatoms. The third-order valence-electron chi connectivity index (χ3n) is 1.71. The molecule has 1 heterocycles. The highest BCUT2D eigenvalue weighted by Gasteiger charge is 2.07. The fraction of sp³-hybridized carbons (Fsp3) is 0.625. The number of imidazole rings is 1. The molecule has 2 nitrogen and oxygen atoms in total. The third-order valence-corrected chi connectivity index (χ3v) is 1.71. The minimum absolute atomic E-state index is 1.06. The second-order valence-corrected chi connectivity index (χ2v) is 2.52. The Kier molecular flexibility index (Phi) is 2.10. The van der Waals surface area contributed by atoms with Crippen molar-refractivity contribution < 1.29 is 4.57 Å². The summed E-state index contributed by atoms with van der Waals surface area (Å²) >= 11 is 0. The fourth-order valence-electron chi connectivity index (χ4n) is 1.22. The van der Waals surface area contributed by atoms with Gasteiger partial charge in [0.15, 0.2) is 0 Å². The van der Waals surface area contributed by atoms with Crippen LogP contribution in [-0.2, 0) is 13.0 Å². The van der Waals surface area contributed by atoms with E-state index in [4.69, 9.17) is 0 Å². The molecule has 0 aliphatic rings. The number of hydrogen-bond acceptors (Lipinski definition) is 0. The number of aryl methyl sites for hydroxylation is 3. The Bertz CT molecular complexity index is 192. The summed E-state index contributed by atoms with van der Waals surface area (Å²) in [6.45, 7) is 7.47. The molecule has 0 radical (unpaired) electrons. The Labute approximate surface area is 61.9 Å². The van der Waals surface area contributed by atoms with Crippen LogP contribution in [0.5, 0.6) is 0 Å². The van der Waals surface area contributed by atoms with Crippen molar-refractivity contribution in [2.45, 2.75) is 33.7 Å². The van der Waals surface area contributed by atoms with E-state index in [2.05, 4.69) is 36.5 Å². The molecule has 1 aromatic rings. The number of rotatable bonds is 2. The van der Waals surface area contributed by atoms with Gasteiger partial charge in [-0.15, -0.1) is 0 Å². The van der Waals surface area contributed by atoms with Gasteiger partial charge in [0.1, 0.15) is 11.9 Å². The molecule has 0 bridgehead atoms. The van der Waals surface area contributed by atoms with Gasteiger partial charge in [-0.3, -0.25) is 0 Å². The molecular formula is C8H15N2+. The number of hydrogen-bond donors (Lipinski definition) is 1. The molecule has 0 unspecified atom stereocenters. The van der Waals surface area contributed by atoms with E-state index in [1.54, 1.807) is 0 Å². The van der Waals surface area contributed by atoms with Gasteiger partial charge in [0.25, 0.3) is 5.82 Å². The van der Waals surface area contributed by atoms with E-state index in [0.717, 1.165) is 13.0 Å². The highest BCUT2D eigenvalue weighted by molar-refractivity contribution is 4.90. The van der Waals surface area contributed by atoms with Crippen LogP contribution in [0.2, 0.25) is 0 Å². The van der Waals surface area contributed by atoms with Crippen LogP contribution in [0.4, 0.5) is 0 Å². The normalized spacial score (nSPS) is 10.3. The van der Waals surface area contributed by atoms with Crippen LogP contribution in [0.1, 0.15) is 25.4 Å². The van der Waals surface area contributed by atoms with Gasteiger partial charge in [0.05, 0.1) is 6.54 Å². The van der Waals surface area contributed by atoms with Crippen molar-refractivity contribution in [3.05, 3.63) is 17.7 Å². The summed E-state index contributed by atoms with van der Waals surface area (Å²) < 4.78 is 2.25. The zero-order valence-electron chi connectivity index (χ0n) is 6.94. The second kappa shape index (κ2) is 2.86. The van der Waals surface area contributed by atoms with Gasteiger partial charge in [0.2, 0.25) is 0 Å². The molecule has 1 rings (SSSR count). The molecule has 10 heavy (non-hydrogen) atoms. The van der Waals surface area contributed by atoms with Crippen LogP contribution in [0.25, 0.3) is 0 Å². The van der Waals surface area contributed by atoms with E-state index in [0.29, 0.717) is 0 Å². The molecule has 0 aliphatic carbocycles. The Morgan fingerprint density at radius 3 is 2.60 bits per heavy atom. The van der Waals surface area contributed by atoms with E-state index in [9.17, 15) is 0 Å². The van der Waals surface area contributed by atoms with Crippen LogP contribution >= 0.6 is 0 Å². The summed E-state index contributed by atoms with van der Waals surface area (Å²) in [7, 11) is 0. The number of nitrogens with one attached hydrogen (secondary N) is 1. The minimum atomic E-state index is 1.06. The van der Waals surface area contributed by atoms with Gasteiger partial charge in [-0.2, -0.15) is 0 Å². The van der Waals surface area contributed by atoms with E-state index in [1.807, 2.05) is 0 Å². The second-order valence-electron chi connectivity index (χ2n) is 2.52. The van der Waals surface area contributed by atoms with Crippen molar-refractivity contribution in [1.29, 1.82) is 0 Å². The third kappa shape index (κ3) is 1.20. The first-order valence-electron chi connectivity index (χ1n) is 3.85. The van der Waals surface area contributed by atoms with Crippen molar-refractivity contribution in [2.75, 3.05) is 0 Å². The van der Waals surface area contributed by atoms with Gasteiger partial charge in [-0.1, -0.05) is 6.92 Å². The van der Waals surface area contributed by atoms with E-state index in [-0.39, 0.29) is 0 Å². The van der Waals surface area contributed by atoms with Gasteiger partial charge >= 0.3 is 0 Å². The largest absolute Gasteiger partial charge is 0.254 e. The van der Waals surface area contributed by atoms with Gasteiger partial charge in [-0.25, -0.2) is 9.55 Å². The van der Waals surface area contributed by atoms with Crippen LogP contribution in [0.15, 0.2) is 6.20 Å². The maximum absolute atomic E-state index is 3.31. The first-order valence-corrected chi connectivity index (χ1v) is 3.85. The summed E-state index contributed by atoms with van der Waals surface area (Å²) in [5.74, 6) is 1.32. The van der Waals surface area contributed by atoms with E-state index < -0.39 is 0 Å². The summed E-state index contributed by atoms with van der Waals surface area (Å²) in [6, 6.07) is 0. The Balaban J connectivity index is 2.96. The predicted molar refractivity (Wildman–Crippen MR) is 40.8 cm³/mol. The summed E-state index contributed by atoms with van der Waals surface area (Å²) in [5, 5.41) is 0. The van der Waals surface area contributed by atoms with Crippen LogP contribution in [-0.4, -0.2) is 4.98 Å². The standard InChI is InChI=1S/C8H14N2/c1-4-8-9-7(3)6-10(8)5-2/h6H,4-5H2,1-3H3/p+1. The molecule has 0 saturated carbocycles. The summed E-state index contributed by atoms with van der Waals surface area (Å²) in [4.78, 5) is 3.31. The van der Waals surface area contributed by atoms with Gasteiger partial charge in [0, 0.05) is 13.3 Å². The van der Waals surface area contributed by atoms with Crippen molar-refractivity contribution in [3.63, 3.8) is 0 Å². The number of nitrogens with zero attached hydrogens (tertiary/aromatic N) is 1. The summed E-state index contributed by atoms with van der Waals surface area (Å²) in [6.07, 6.45) is 3.24. The van der Waals surface area contributed by atoms with Crippen LogP contribution < -0.4 is 4.57 Å². The summed E-state index contributed by atoms with van der Waals surface area (Å²) in [5.41, 5.74) is 1.25. The molecule has 1 N–H and O–H groups in total. The van der Waals surface area contributed by atoms with Crippen molar-refractivity contribution in [3.8, 4) is 0 Å². The molecular weight excluding hydrogens is 124 g/mol. The zero-order valence-corrected chi connectivity index (χ0v) is 6.94. The lowest BCUT2D eigenvalue weighted by Crippen LogP contribution is -2.34. The Morgan fingerprint density at radius 1 is 1.50 bits per heavy atom. The number of aromatic nitrogens is 2. The molecule has 0 saturated heterocycles. The maximum Gasteiger partial charge on any atom is 0.254 e. The average molecular weight is 139 g/mol. The highest BCUT2D eigenvalue weighted by atomic mass is 15.1. The van der Waals surface area contributed by atoms with E-state index in [1.165, 1.54) is 11.5 Å². The molecule has 0 fully saturated rings. The topological polar surface area (TPSA) is 19.7 Å². The van der Waals surface area contributed by atoms with Gasteiger partial charge in [-0.05, 0) is 6.92 Å². The zero-order chi connectivity index (χ0) is 7.56. The molecule has 1 aromatic heterocycles. The molecule has 56 valence electrons. The fourth-order valence-corrected chi connectivity index (χ4v) is 1.22. The predicted octanol–water partition coefficient (Wildman–Crippen LogP) is 1.19. The average Bonchev–Trinajstić information content (AvgIpc) is 2.30. The van der Waals surface area contributed by atoms with E-state index >= 15 is 0 Å². The number of H-pyrrole nitrogens is 1. The Morgan fingerprint density at radius 2 is 2.20 bits per heavy atom. The SMILES string of the molecule is CCc1[nH]c(C)c[n+]1CC. The maximum atomic E-state index is 3.31. The first-order chi connectivity index (χ1) is 4.77. The minimum Gasteiger partial charge on any atom is -0.245 e. The van der Waals surface area contributed by atoms with Crippen molar-refractivity contribution in [1.82, 2.24) is 4.98 Å². The molecule has 0 amide bonds. The first kappa shape index (κ1) is 7.32. The highest BCUT2D eigenvalue weighted by Crippen LogP contribution is 1.92. The van der Waals surface area contributed by atoms with Gasteiger partial charge < -0.3 is 0 Å². The molecule has 0 spiro atoms. The van der Waals surface area contributed by atoms with Crippen molar-refractivity contribution in [2.24, 2.45) is 0 Å². The lowest BCUT2D eigenvalue weighted by Gasteiger charge is -1.90. The molecule has 0 atom stereocenters. The van der Waals surface area contributed by atoms with Crippen LogP contribution in [0, 0.1) is 6.92 Å². The Hall–Kier alpha value is -0.790. The lowest BCUT2D eigenvalue weighted by atomic mass is 10.4. The quantitative estimate of drug-likeness (QED) is 0.594. The monoisotopic (exact) mass is 139 g/mol. The number of aromatic amines is 1. The molecule has 0 aromatic carbocycles.